The maximum Gasteiger partial charge on any atom is 0.264 e. The van der Waals surface area contributed by atoms with Gasteiger partial charge >= 0.3 is 0 Å². The van der Waals surface area contributed by atoms with E-state index in [-0.39, 0.29) is 23.7 Å². The molecule has 1 N–H and O–H groups in total. The number of benzene rings is 2. The predicted molar refractivity (Wildman–Crippen MR) is 108 cm³/mol. The number of nitrogens with zero attached hydrogens (tertiary/aromatic N) is 1. The minimum absolute atomic E-state index is 0.0161. The number of thiophene rings is 1. The molecule has 1 aromatic heterocycles. The van der Waals surface area contributed by atoms with Gasteiger partial charge in [0.15, 0.2) is 0 Å². The van der Waals surface area contributed by atoms with Gasteiger partial charge < -0.3 is 15.0 Å². The van der Waals surface area contributed by atoms with Crippen LogP contribution in [-0.4, -0.2) is 35.9 Å². The van der Waals surface area contributed by atoms with Crippen molar-refractivity contribution >= 4 is 23.2 Å². The highest BCUT2D eigenvalue weighted by Gasteiger charge is 2.34. The largest absolute Gasteiger partial charge is 0.486 e. The molecular weight excluding hydrogens is 391 g/mol. The minimum Gasteiger partial charge on any atom is -0.486 e. The van der Waals surface area contributed by atoms with Crippen molar-refractivity contribution < 1.29 is 18.7 Å². The maximum absolute atomic E-state index is 13.4. The van der Waals surface area contributed by atoms with Crippen molar-refractivity contribution in [3.05, 3.63) is 75.7 Å². The summed E-state index contributed by atoms with van der Waals surface area (Å²) in [6.07, 6.45) is -0.124. The monoisotopic (exact) mass is 408 g/mol. The SMILES string of the molecule is O=C1NCc2cc(OC3CN(C(=O)c4cccs4)C3)c(-c3ccc(F)cc3)cc21. The fourth-order valence-corrected chi connectivity index (χ4v) is 4.31. The molecule has 5 nitrogen and oxygen atoms in total. The van der Waals surface area contributed by atoms with Crippen LogP contribution in [0.2, 0.25) is 0 Å². The van der Waals surface area contributed by atoms with Crippen molar-refractivity contribution in [1.29, 1.82) is 0 Å². The van der Waals surface area contributed by atoms with E-state index in [4.69, 9.17) is 4.74 Å². The molecule has 146 valence electrons. The van der Waals surface area contributed by atoms with E-state index in [1.165, 1.54) is 23.5 Å². The third-order valence-corrected chi connectivity index (χ3v) is 6.06. The molecule has 2 amide bonds. The smallest absolute Gasteiger partial charge is 0.264 e. The van der Waals surface area contributed by atoms with Gasteiger partial charge in [-0.15, -0.1) is 11.3 Å². The van der Waals surface area contributed by atoms with Crippen LogP contribution >= 0.6 is 11.3 Å². The third kappa shape index (κ3) is 3.27. The lowest BCUT2D eigenvalue weighted by Crippen LogP contribution is -2.56. The standard InChI is InChI=1S/C22H17FN2O3S/c23-15-5-3-13(4-6-15)17-9-18-14(10-24-21(18)26)8-19(17)28-16-11-25(12-16)22(27)20-2-1-7-29-20/h1-9,16H,10-12H2,(H,24,26). The summed E-state index contributed by atoms with van der Waals surface area (Å²) in [6, 6.07) is 13.5. The number of fused-ring (bicyclic) bond motifs is 1. The molecule has 1 saturated heterocycles. The average Bonchev–Trinajstić information content (AvgIpc) is 3.34. The highest BCUT2D eigenvalue weighted by atomic mass is 32.1. The van der Waals surface area contributed by atoms with Crippen LogP contribution in [0.4, 0.5) is 4.39 Å². The van der Waals surface area contributed by atoms with E-state index in [1.807, 2.05) is 23.6 Å². The van der Waals surface area contributed by atoms with Gasteiger partial charge in [-0.3, -0.25) is 9.59 Å². The summed E-state index contributed by atoms with van der Waals surface area (Å²) in [5.74, 6) is 0.213. The number of likely N-dealkylation sites (tertiary alicyclic amines) is 1. The van der Waals surface area contributed by atoms with Crippen LogP contribution in [0.15, 0.2) is 53.9 Å². The molecule has 2 aliphatic rings. The normalized spacial score (nSPS) is 15.6. The molecule has 0 atom stereocenters. The lowest BCUT2D eigenvalue weighted by molar-refractivity contribution is 0.0183. The molecule has 0 spiro atoms. The van der Waals surface area contributed by atoms with Crippen LogP contribution in [0, 0.1) is 5.82 Å². The summed E-state index contributed by atoms with van der Waals surface area (Å²) in [6.45, 7) is 1.48. The molecule has 0 unspecified atom stereocenters. The van der Waals surface area contributed by atoms with Gasteiger partial charge in [0.05, 0.1) is 18.0 Å². The Morgan fingerprint density at radius 3 is 2.66 bits per heavy atom. The molecule has 0 bridgehead atoms. The lowest BCUT2D eigenvalue weighted by Gasteiger charge is -2.39. The molecule has 5 rings (SSSR count). The Kier molecular flexibility index (Phi) is 4.32. The fourth-order valence-electron chi connectivity index (χ4n) is 3.62. The first-order valence-corrected chi connectivity index (χ1v) is 10.2. The van der Waals surface area contributed by atoms with Crippen molar-refractivity contribution in [3.63, 3.8) is 0 Å². The first-order valence-electron chi connectivity index (χ1n) is 9.29. The van der Waals surface area contributed by atoms with E-state index in [0.717, 1.165) is 21.6 Å². The van der Waals surface area contributed by atoms with Gasteiger partial charge in [0.1, 0.15) is 17.7 Å². The van der Waals surface area contributed by atoms with Gasteiger partial charge in [-0.2, -0.15) is 0 Å². The van der Waals surface area contributed by atoms with Gasteiger partial charge in [-0.1, -0.05) is 18.2 Å². The summed E-state index contributed by atoms with van der Waals surface area (Å²) in [4.78, 5) is 27.0. The second kappa shape index (κ2) is 7.00. The molecule has 2 aliphatic heterocycles. The Morgan fingerprint density at radius 2 is 1.93 bits per heavy atom. The number of ether oxygens (including phenoxy) is 1. The zero-order valence-corrected chi connectivity index (χ0v) is 16.2. The van der Waals surface area contributed by atoms with Crippen LogP contribution in [0.1, 0.15) is 25.6 Å². The minimum atomic E-state index is -0.322. The Balaban J connectivity index is 1.39. The van der Waals surface area contributed by atoms with Crippen LogP contribution in [0.5, 0.6) is 5.75 Å². The van der Waals surface area contributed by atoms with E-state index in [0.29, 0.717) is 30.9 Å². The molecule has 3 heterocycles. The number of carbonyl (C=O) groups is 2. The number of nitrogens with one attached hydrogen (secondary N) is 1. The number of carbonyl (C=O) groups excluding carboxylic acids is 2. The molecule has 29 heavy (non-hydrogen) atoms. The highest BCUT2D eigenvalue weighted by Crippen LogP contribution is 2.36. The fraction of sp³-hybridized carbons (Fsp3) is 0.182. The highest BCUT2D eigenvalue weighted by molar-refractivity contribution is 7.12. The van der Waals surface area contributed by atoms with E-state index in [9.17, 15) is 14.0 Å². The summed E-state index contributed by atoms with van der Waals surface area (Å²) in [7, 11) is 0. The second-order valence-electron chi connectivity index (χ2n) is 7.12. The average molecular weight is 408 g/mol. The Labute approximate surface area is 170 Å². The Hall–Kier alpha value is -3.19. The summed E-state index contributed by atoms with van der Waals surface area (Å²) in [5.41, 5.74) is 3.00. The molecule has 3 aromatic rings. The van der Waals surface area contributed by atoms with Gasteiger partial charge in [0.25, 0.3) is 11.8 Å². The molecule has 2 aromatic carbocycles. The van der Waals surface area contributed by atoms with Crippen molar-refractivity contribution in [1.82, 2.24) is 10.2 Å². The predicted octanol–water partition coefficient (Wildman–Crippen LogP) is 3.70. The van der Waals surface area contributed by atoms with Crippen LogP contribution < -0.4 is 10.1 Å². The molecule has 1 fully saturated rings. The molecule has 0 saturated carbocycles. The summed E-state index contributed by atoms with van der Waals surface area (Å²) < 4.78 is 19.6. The first kappa shape index (κ1) is 17.9. The van der Waals surface area contributed by atoms with Crippen molar-refractivity contribution in [2.75, 3.05) is 13.1 Å². The van der Waals surface area contributed by atoms with E-state index < -0.39 is 0 Å². The number of halogens is 1. The topological polar surface area (TPSA) is 58.6 Å². The van der Waals surface area contributed by atoms with Gasteiger partial charge in [-0.25, -0.2) is 4.39 Å². The van der Waals surface area contributed by atoms with E-state index in [2.05, 4.69) is 5.32 Å². The molecule has 0 aliphatic carbocycles. The summed E-state index contributed by atoms with van der Waals surface area (Å²) in [5, 5.41) is 4.70. The quantitative estimate of drug-likeness (QED) is 0.716. The molecule has 7 heteroatoms. The zero-order chi connectivity index (χ0) is 20.0. The van der Waals surface area contributed by atoms with Gasteiger partial charge in [0.2, 0.25) is 0 Å². The van der Waals surface area contributed by atoms with Gasteiger partial charge in [0, 0.05) is 17.7 Å². The van der Waals surface area contributed by atoms with Crippen LogP contribution in [-0.2, 0) is 6.54 Å². The maximum atomic E-state index is 13.4. The number of hydrogen-bond acceptors (Lipinski definition) is 4. The van der Waals surface area contributed by atoms with E-state index >= 15 is 0 Å². The number of rotatable bonds is 4. The van der Waals surface area contributed by atoms with Crippen LogP contribution in [0.25, 0.3) is 11.1 Å². The van der Waals surface area contributed by atoms with Gasteiger partial charge in [-0.05, 0) is 46.8 Å². The molecular formula is C22H17FN2O3S. The molecule has 0 radical (unpaired) electrons. The number of amides is 2. The van der Waals surface area contributed by atoms with E-state index in [1.54, 1.807) is 23.1 Å². The van der Waals surface area contributed by atoms with Crippen molar-refractivity contribution in [2.45, 2.75) is 12.6 Å². The second-order valence-corrected chi connectivity index (χ2v) is 8.07. The third-order valence-electron chi connectivity index (χ3n) is 5.21. The zero-order valence-electron chi connectivity index (χ0n) is 15.4. The Morgan fingerprint density at radius 1 is 1.14 bits per heavy atom. The van der Waals surface area contributed by atoms with Crippen LogP contribution in [0.3, 0.4) is 0 Å². The van der Waals surface area contributed by atoms with Crippen molar-refractivity contribution in [2.24, 2.45) is 0 Å². The lowest BCUT2D eigenvalue weighted by atomic mass is 9.98. The first-order chi connectivity index (χ1) is 14.1. The summed E-state index contributed by atoms with van der Waals surface area (Å²) >= 11 is 1.43. The Bertz CT molecular complexity index is 1090. The van der Waals surface area contributed by atoms with Crippen molar-refractivity contribution in [3.8, 4) is 16.9 Å². The number of hydrogen-bond donors (Lipinski definition) is 1.